The van der Waals surface area contributed by atoms with Gasteiger partial charge in [-0.2, -0.15) is 4.31 Å². The predicted octanol–water partition coefficient (Wildman–Crippen LogP) is 4.69. The molecule has 0 spiro atoms. The smallest absolute Gasteiger partial charge is 0.253 e. The molecule has 188 valence electrons. The first-order chi connectivity index (χ1) is 16.7. The molecule has 0 unspecified atom stereocenters. The van der Waals surface area contributed by atoms with Crippen molar-refractivity contribution >= 4 is 42.6 Å². The molecule has 1 aromatic heterocycles. The quantitative estimate of drug-likeness (QED) is 0.436. The Morgan fingerprint density at radius 1 is 1.06 bits per heavy atom. The van der Waals surface area contributed by atoms with Crippen molar-refractivity contribution in [1.82, 2.24) is 14.2 Å². The Morgan fingerprint density at radius 3 is 2.37 bits per heavy atom. The molecule has 0 bridgehead atoms. The molecule has 35 heavy (non-hydrogen) atoms. The van der Waals surface area contributed by atoms with Crippen LogP contribution in [0.5, 0.6) is 0 Å². The molecule has 0 saturated carbocycles. The second-order valence-corrected chi connectivity index (χ2v) is 12.0. The van der Waals surface area contributed by atoms with Crippen molar-refractivity contribution in [2.24, 2.45) is 0 Å². The highest BCUT2D eigenvalue weighted by atomic mass is 32.2. The fraction of sp³-hybridized carbons (Fsp3) is 0.462. The molecule has 0 atom stereocenters. The molecular weight excluding hydrogens is 480 g/mol. The van der Waals surface area contributed by atoms with Gasteiger partial charge < -0.3 is 9.80 Å². The Balaban J connectivity index is 1.41. The summed E-state index contributed by atoms with van der Waals surface area (Å²) in [6.07, 6.45) is 1.76. The summed E-state index contributed by atoms with van der Waals surface area (Å²) in [5, 5.41) is 0.999. The van der Waals surface area contributed by atoms with Crippen LogP contribution in [0.15, 0.2) is 41.3 Å². The zero-order valence-corrected chi connectivity index (χ0v) is 22.6. The lowest BCUT2D eigenvalue weighted by Gasteiger charge is -2.34. The van der Waals surface area contributed by atoms with Crippen LogP contribution in [-0.4, -0.2) is 67.8 Å². The number of benzene rings is 2. The molecule has 0 aliphatic carbocycles. The first-order valence-corrected chi connectivity index (χ1v) is 14.5. The molecule has 3 aromatic rings. The lowest BCUT2D eigenvalue weighted by atomic mass is 10.1. The van der Waals surface area contributed by atoms with Crippen LogP contribution in [0.25, 0.3) is 10.2 Å². The number of hydrogen-bond acceptors (Lipinski definition) is 6. The molecule has 4 rings (SSSR count). The van der Waals surface area contributed by atoms with Crippen molar-refractivity contribution in [3.63, 3.8) is 0 Å². The summed E-state index contributed by atoms with van der Waals surface area (Å²) >= 11 is 1.70. The van der Waals surface area contributed by atoms with E-state index in [9.17, 15) is 13.2 Å². The van der Waals surface area contributed by atoms with E-state index in [-0.39, 0.29) is 10.8 Å². The number of nitrogens with zero attached hydrogens (tertiary/aromatic N) is 4. The Bertz CT molecular complexity index is 1290. The van der Waals surface area contributed by atoms with Gasteiger partial charge in [0.05, 0.1) is 15.1 Å². The van der Waals surface area contributed by atoms with E-state index < -0.39 is 10.0 Å². The van der Waals surface area contributed by atoms with Crippen LogP contribution in [0.1, 0.15) is 48.2 Å². The molecule has 2 heterocycles. The molecule has 1 saturated heterocycles. The maximum absolute atomic E-state index is 13.1. The Kier molecular flexibility index (Phi) is 7.78. The van der Waals surface area contributed by atoms with E-state index in [4.69, 9.17) is 4.98 Å². The van der Waals surface area contributed by atoms with Crippen LogP contribution < -0.4 is 4.90 Å². The number of aromatic nitrogens is 1. The molecule has 1 fully saturated rings. The largest absolute Gasteiger partial charge is 0.345 e. The topological polar surface area (TPSA) is 73.8 Å². The number of carbonyl (C=O) groups excluding carboxylic acids is 1. The summed E-state index contributed by atoms with van der Waals surface area (Å²) in [5.74, 6) is -0.0669. The highest BCUT2D eigenvalue weighted by molar-refractivity contribution is 7.89. The number of sulfonamides is 1. The molecule has 0 radical (unpaired) electrons. The second-order valence-electron chi connectivity index (χ2n) is 9.08. The first kappa shape index (κ1) is 25.6. The highest BCUT2D eigenvalue weighted by Crippen LogP contribution is 2.32. The average Bonchev–Trinajstić information content (AvgIpc) is 3.28. The van der Waals surface area contributed by atoms with Gasteiger partial charge in [0.2, 0.25) is 10.0 Å². The van der Waals surface area contributed by atoms with Gasteiger partial charge in [0.25, 0.3) is 5.91 Å². The van der Waals surface area contributed by atoms with Crippen molar-refractivity contribution < 1.29 is 13.2 Å². The number of aryl methyl sites for hydroxylation is 2. The Morgan fingerprint density at radius 2 is 1.74 bits per heavy atom. The highest BCUT2D eigenvalue weighted by Gasteiger charge is 2.26. The van der Waals surface area contributed by atoms with E-state index >= 15 is 0 Å². The molecule has 2 aromatic carbocycles. The van der Waals surface area contributed by atoms with Gasteiger partial charge in [-0.05, 0) is 61.7 Å². The van der Waals surface area contributed by atoms with Gasteiger partial charge in [0.15, 0.2) is 5.13 Å². The van der Waals surface area contributed by atoms with Crippen molar-refractivity contribution in [2.45, 2.75) is 45.4 Å². The van der Waals surface area contributed by atoms with Gasteiger partial charge >= 0.3 is 0 Å². The van der Waals surface area contributed by atoms with E-state index in [2.05, 4.69) is 30.9 Å². The van der Waals surface area contributed by atoms with Gasteiger partial charge in [-0.15, -0.1) is 0 Å². The number of rotatable bonds is 8. The minimum Gasteiger partial charge on any atom is -0.345 e. The fourth-order valence-electron chi connectivity index (χ4n) is 4.48. The maximum atomic E-state index is 13.1. The third-order valence-electron chi connectivity index (χ3n) is 6.51. The van der Waals surface area contributed by atoms with Gasteiger partial charge in [0, 0.05) is 44.8 Å². The number of unbranched alkanes of at least 4 members (excludes halogenated alkanes) is 1. The zero-order chi connectivity index (χ0) is 25.2. The van der Waals surface area contributed by atoms with E-state index in [1.165, 1.54) is 20.1 Å². The summed E-state index contributed by atoms with van der Waals surface area (Å²) in [4.78, 5) is 22.3. The molecule has 1 aliphatic rings. The molecule has 1 amide bonds. The molecular formula is C26H34N4O3S2. The summed E-state index contributed by atoms with van der Waals surface area (Å²) in [5.41, 5.74) is 4.00. The minimum atomic E-state index is -3.55. The number of hydrogen-bond donors (Lipinski definition) is 0. The normalized spacial score (nSPS) is 14.8. The second kappa shape index (κ2) is 10.6. The van der Waals surface area contributed by atoms with Crippen molar-refractivity contribution in [3.05, 3.63) is 53.1 Å². The van der Waals surface area contributed by atoms with Crippen LogP contribution in [0, 0.1) is 13.8 Å². The van der Waals surface area contributed by atoms with E-state index in [1.807, 2.05) is 18.7 Å². The summed E-state index contributed by atoms with van der Waals surface area (Å²) in [7, 11) is -3.55. The number of anilines is 1. The third-order valence-corrected chi connectivity index (χ3v) is 9.56. The lowest BCUT2D eigenvalue weighted by Crippen LogP contribution is -2.48. The summed E-state index contributed by atoms with van der Waals surface area (Å²) in [6, 6.07) is 10.7. The van der Waals surface area contributed by atoms with Crippen molar-refractivity contribution in [1.29, 1.82) is 0 Å². The molecule has 0 N–H and O–H groups in total. The number of fused-ring (bicyclic) bond motifs is 1. The molecule has 7 nitrogen and oxygen atoms in total. The molecule has 9 heteroatoms. The zero-order valence-electron chi connectivity index (χ0n) is 21.0. The SMILES string of the molecule is CCCCN(CC)S(=O)(=O)c1ccc(C(=O)N2CCN(c3nc4c(C)cc(C)cc4s3)CC2)cc1. The summed E-state index contributed by atoms with van der Waals surface area (Å²) in [6.45, 7) is 11.7. The predicted molar refractivity (Wildman–Crippen MR) is 143 cm³/mol. The van der Waals surface area contributed by atoms with Crippen LogP contribution in [0.2, 0.25) is 0 Å². The van der Waals surface area contributed by atoms with Crippen LogP contribution in [0.3, 0.4) is 0 Å². The Labute approximate surface area is 212 Å². The van der Waals surface area contributed by atoms with E-state index in [0.29, 0.717) is 31.7 Å². The number of carbonyl (C=O) groups is 1. The number of amides is 1. The van der Waals surface area contributed by atoms with Crippen LogP contribution >= 0.6 is 11.3 Å². The van der Waals surface area contributed by atoms with Gasteiger partial charge in [-0.25, -0.2) is 13.4 Å². The standard InChI is InChI=1S/C26H34N4O3S2/c1-5-7-12-30(6-2)35(32,33)22-10-8-21(9-11-22)25(31)28-13-15-29(16-14-28)26-27-24-20(4)17-19(3)18-23(24)34-26/h8-11,17-18H,5-7,12-16H2,1-4H3. The Hall–Kier alpha value is -2.49. The van der Waals surface area contributed by atoms with Crippen LogP contribution in [0.4, 0.5) is 5.13 Å². The maximum Gasteiger partial charge on any atom is 0.253 e. The molecule has 1 aliphatic heterocycles. The fourth-order valence-corrected chi connectivity index (χ4v) is 7.16. The van der Waals surface area contributed by atoms with Crippen LogP contribution in [-0.2, 0) is 10.0 Å². The lowest BCUT2D eigenvalue weighted by molar-refractivity contribution is 0.0746. The van der Waals surface area contributed by atoms with Crippen molar-refractivity contribution in [3.8, 4) is 0 Å². The third kappa shape index (κ3) is 5.37. The number of piperazine rings is 1. The van der Waals surface area contributed by atoms with Gasteiger partial charge in [0.1, 0.15) is 0 Å². The number of thiazole rings is 1. The monoisotopic (exact) mass is 514 g/mol. The first-order valence-electron chi connectivity index (χ1n) is 12.3. The summed E-state index contributed by atoms with van der Waals surface area (Å²) < 4.78 is 28.6. The van der Waals surface area contributed by atoms with E-state index in [1.54, 1.807) is 35.6 Å². The van der Waals surface area contributed by atoms with E-state index in [0.717, 1.165) is 36.6 Å². The van der Waals surface area contributed by atoms with Crippen molar-refractivity contribution in [2.75, 3.05) is 44.2 Å². The average molecular weight is 515 g/mol. The minimum absolute atomic E-state index is 0.0669. The van der Waals surface area contributed by atoms with Gasteiger partial charge in [-0.1, -0.05) is 37.7 Å². The van der Waals surface area contributed by atoms with Gasteiger partial charge in [-0.3, -0.25) is 4.79 Å².